The molecule has 21 heavy (non-hydrogen) atoms. The molecular weight excluding hydrogens is 274 g/mol. The minimum Gasteiger partial charge on any atom is -0.481 e. The highest BCUT2D eigenvalue weighted by Crippen LogP contribution is 2.39. The van der Waals surface area contributed by atoms with Crippen LogP contribution in [0.5, 0.6) is 0 Å². The van der Waals surface area contributed by atoms with Gasteiger partial charge in [-0.05, 0) is 25.0 Å². The molecule has 110 valence electrons. The van der Waals surface area contributed by atoms with Gasteiger partial charge in [-0.25, -0.2) is 0 Å². The molecule has 0 heterocycles. The summed E-state index contributed by atoms with van der Waals surface area (Å²) in [5.41, 5.74) is -0.637. The van der Waals surface area contributed by atoms with Crippen LogP contribution in [0.2, 0.25) is 0 Å². The van der Waals surface area contributed by atoms with Crippen molar-refractivity contribution in [3.05, 3.63) is 33.9 Å². The van der Waals surface area contributed by atoms with Crippen molar-refractivity contribution in [3.8, 4) is 6.07 Å². The average Bonchev–Trinajstić information content (AvgIpc) is 2.95. The molecule has 2 rings (SSSR count). The molecule has 1 aromatic carbocycles. The van der Waals surface area contributed by atoms with E-state index in [4.69, 9.17) is 5.26 Å². The van der Waals surface area contributed by atoms with Crippen molar-refractivity contribution >= 4 is 17.3 Å². The van der Waals surface area contributed by atoms with Crippen LogP contribution >= 0.6 is 0 Å². The number of carboxylic acids is 1. The smallest absolute Gasteiger partial charge is 0.311 e. The van der Waals surface area contributed by atoms with Gasteiger partial charge in [-0.15, -0.1) is 0 Å². The second kappa shape index (κ2) is 5.79. The summed E-state index contributed by atoms with van der Waals surface area (Å²) in [5, 5.41) is 32.1. The van der Waals surface area contributed by atoms with Crippen LogP contribution in [0.1, 0.15) is 31.2 Å². The van der Waals surface area contributed by atoms with Crippen molar-refractivity contribution in [2.24, 2.45) is 5.41 Å². The zero-order valence-corrected chi connectivity index (χ0v) is 11.3. The second-order valence-electron chi connectivity index (χ2n) is 5.25. The van der Waals surface area contributed by atoms with Gasteiger partial charge in [-0.1, -0.05) is 12.8 Å². The Morgan fingerprint density at radius 2 is 2.14 bits per heavy atom. The SMILES string of the molecule is N#Cc1ccc(NCC2(C(=O)O)CCCC2)c([N+](=O)[O-])c1. The number of hydrogen-bond donors (Lipinski definition) is 2. The summed E-state index contributed by atoms with van der Waals surface area (Å²) in [4.78, 5) is 21.9. The van der Waals surface area contributed by atoms with Gasteiger partial charge in [0.1, 0.15) is 5.69 Å². The fourth-order valence-corrected chi connectivity index (χ4v) is 2.68. The summed E-state index contributed by atoms with van der Waals surface area (Å²) in [5.74, 6) is -0.871. The number of carboxylic acid groups (broad SMARTS) is 1. The zero-order chi connectivity index (χ0) is 15.5. The largest absolute Gasteiger partial charge is 0.481 e. The molecule has 1 aromatic rings. The molecule has 1 aliphatic rings. The highest BCUT2D eigenvalue weighted by molar-refractivity contribution is 5.76. The molecule has 0 amide bonds. The van der Waals surface area contributed by atoms with Gasteiger partial charge in [-0.2, -0.15) is 5.26 Å². The Kier molecular flexibility index (Phi) is 4.08. The van der Waals surface area contributed by atoms with E-state index in [0.717, 1.165) is 12.8 Å². The van der Waals surface area contributed by atoms with Crippen LogP contribution in [0.4, 0.5) is 11.4 Å². The Morgan fingerprint density at radius 3 is 2.67 bits per heavy atom. The number of nitriles is 1. The van der Waals surface area contributed by atoms with Gasteiger partial charge in [0.15, 0.2) is 0 Å². The summed E-state index contributed by atoms with van der Waals surface area (Å²) >= 11 is 0. The number of benzene rings is 1. The number of rotatable bonds is 5. The number of anilines is 1. The highest BCUT2D eigenvalue weighted by atomic mass is 16.6. The fourth-order valence-electron chi connectivity index (χ4n) is 2.68. The van der Waals surface area contributed by atoms with E-state index in [1.54, 1.807) is 0 Å². The summed E-state index contributed by atoms with van der Waals surface area (Å²) in [6.45, 7) is 0.148. The van der Waals surface area contributed by atoms with Gasteiger partial charge in [0.2, 0.25) is 0 Å². The Morgan fingerprint density at radius 1 is 1.48 bits per heavy atom. The van der Waals surface area contributed by atoms with Crippen molar-refractivity contribution in [3.63, 3.8) is 0 Å². The van der Waals surface area contributed by atoms with Crippen LogP contribution in [0.25, 0.3) is 0 Å². The Hall–Kier alpha value is -2.62. The van der Waals surface area contributed by atoms with Crippen LogP contribution in [-0.2, 0) is 4.79 Å². The third kappa shape index (κ3) is 2.94. The lowest BCUT2D eigenvalue weighted by Gasteiger charge is -2.24. The lowest BCUT2D eigenvalue weighted by atomic mass is 9.86. The van der Waals surface area contributed by atoms with Gasteiger partial charge in [0.25, 0.3) is 5.69 Å². The highest BCUT2D eigenvalue weighted by Gasteiger charge is 2.41. The van der Waals surface area contributed by atoms with Gasteiger partial charge in [0.05, 0.1) is 22.0 Å². The van der Waals surface area contributed by atoms with E-state index in [0.29, 0.717) is 12.8 Å². The molecule has 0 bridgehead atoms. The summed E-state index contributed by atoms with van der Waals surface area (Å²) < 4.78 is 0. The minimum atomic E-state index is -0.871. The summed E-state index contributed by atoms with van der Waals surface area (Å²) in [7, 11) is 0. The molecule has 1 aliphatic carbocycles. The molecule has 0 atom stereocenters. The predicted molar refractivity (Wildman–Crippen MR) is 74.8 cm³/mol. The molecular formula is C14H15N3O4. The van der Waals surface area contributed by atoms with Crippen LogP contribution in [-0.4, -0.2) is 22.5 Å². The molecule has 0 unspecified atom stereocenters. The average molecular weight is 289 g/mol. The lowest BCUT2D eigenvalue weighted by molar-refractivity contribution is -0.384. The predicted octanol–water partition coefficient (Wildman–Crippen LogP) is 2.52. The number of nitro benzene ring substituents is 1. The first-order valence-electron chi connectivity index (χ1n) is 6.64. The van der Waals surface area contributed by atoms with Gasteiger partial charge >= 0.3 is 5.97 Å². The molecule has 0 spiro atoms. The van der Waals surface area contributed by atoms with Crippen molar-refractivity contribution in [1.29, 1.82) is 5.26 Å². The van der Waals surface area contributed by atoms with E-state index in [1.807, 2.05) is 6.07 Å². The third-order valence-corrected chi connectivity index (χ3v) is 3.96. The maximum Gasteiger partial charge on any atom is 0.311 e. The first kappa shape index (κ1) is 14.8. The van der Waals surface area contributed by atoms with Crippen LogP contribution in [0.15, 0.2) is 18.2 Å². The third-order valence-electron chi connectivity index (χ3n) is 3.96. The minimum absolute atomic E-state index is 0.148. The van der Waals surface area contributed by atoms with Gasteiger partial charge < -0.3 is 10.4 Å². The maximum absolute atomic E-state index is 11.4. The topological polar surface area (TPSA) is 116 Å². The van der Waals surface area contributed by atoms with E-state index in [2.05, 4.69) is 5.32 Å². The molecule has 7 heteroatoms. The van der Waals surface area contributed by atoms with Crippen molar-refractivity contribution in [1.82, 2.24) is 0 Å². The van der Waals surface area contributed by atoms with Crippen molar-refractivity contribution in [2.75, 3.05) is 11.9 Å². The van der Waals surface area contributed by atoms with E-state index >= 15 is 0 Å². The van der Waals surface area contributed by atoms with Crippen molar-refractivity contribution < 1.29 is 14.8 Å². The first-order chi connectivity index (χ1) is 9.98. The number of nitrogens with one attached hydrogen (secondary N) is 1. The standard InChI is InChI=1S/C14H15N3O4/c15-8-10-3-4-11(12(7-10)17(20)21)16-9-14(13(18)19)5-1-2-6-14/h3-4,7,16H,1-2,5-6,9H2,(H,18,19). The number of aliphatic carboxylic acids is 1. The molecule has 0 aliphatic heterocycles. The molecule has 2 N–H and O–H groups in total. The van der Waals surface area contributed by atoms with E-state index in [-0.39, 0.29) is 23.5 Å². The molecule has 0 aromatic heterocycles. The number of hydrogen-bond acceptors (Lipinski definition) is 5. The first-order valence-corrected chi connectivity index (χ1v) is 6.64. The van der Waals surface area contributed by atoms with Crippen LogP contribution < -0.4 is 5.32 Å². The van der Waals surface area contributed by atoms with Gasteiger partial charge in [-0.3, -0.25) is 14.9 Å². The van der Waals surface area contributed by atoms with E-state index < -0.39 is 16.3 Å². The zero-order valence-electron chi connectivity index (χ0n) is 11.3. The number of nitrogens with zero attached hydrogens (tertiary/aromatic N) is 2. The van der Waals surface area contributed by atoms with Gasteiger partial charge in [0, 0.05) is 12.6 Å². The Labute approximate surface area is 121 Å². The lowest BCUT2D eigenvalue weighted by Crippen LogP contribution is -2.35. The molecule has 1 saturated carbocycles. The normalized spacial score (nSPS) is 16.1. The number of nitro groups is 1. The van der Waals surface area contributed by atoms with Crippen LogP contribution in [0, 0.1) is 26.9 Å². The fraction of sp³-hybridized carbons (Fsp3) is 0.429. The Bertz CT molecular complexity index is 615. The Balaban J connectivity index is 2.22. The summed E-state index contributed by atoms with van der Waals surface area (Å²) in [6.07, 6.45) is 2.84. The maximum atomic E-state index is 11.4. The quantitative estimate of drug-likeness (QED) is 0.635. The number of carbonyl (C=O) groups is 1. The molecule has 0 radical (unpaired) electrons. The van der Waals surface area contributed by atoms with Crippen LogP contribution in [0.3, 0.4) is 0 Å². The van der Waals surface area contributed by atoms with Crippen molar-refractivity contribution in [2.45, 2.75) is 25.7 Å². The molecule has 1 fully saturated rings. The monoisotopic (exact) mass is 289 g/mol. The molecule has 7 nitrogen and oxygen atoms in total. The summed E-state index contributed by atoms with van der Waals surface area (Å²) in [6, 6.07) is 5.95. The van der Waals surface area contributed by atoms with E-state index in [1.165, 1.54) is 18.2 Å². The second-order valence-corrected chi connectivity index (χ2v) is 5.25. The molecule has 0 saturated heterocycles. The van der Waals surface area contributed by atoms with E-state index in [9.17, 15) is 20.0 Å².